The lowest BCUT2D eigenvalue weighted by atomic mass is 9.77. The van der Waals surface area contributed by atoms with Gasteiger partial charge < -0.3 is 10.1 Å². The van der Waals surface area contributed by atoms with Crippen LogP contribution in [0.2, 0.25) is 0 Å². The van der Waals surface area contributed by atoms with Crippen LogP contribution in [0.4, 0.5) is 0 Å². The normalized spacial score (nSPS) is 22.1. The van der Waals surface area contributed by atoms with Crippen LogP contribution in [0.1, 0.15) is 18.4 Å². The molecule has 0 bridgehead atoms. The fourth-order valence-corrected chi connectivity index (χ4v) is 2.51. The van der Waals surface area contributed by atoms with E-state index in [4.69, 9.17) is 4.74 Å². The van der Waals surface area contributed by atoms with Crippen molar-refractivity contribution in [2.24, 2.45) is 11.3 Å². The summed E-state index contributed by atoms with van der Waals surface area (Å²) in [5.41, 5.74) is 1.79. The van der Waals surface area contributed by atoms with Crippen LogP contribution in [0.5, 0.6) is 0 Å². The number of ether oxygens (including phenoxy) is 1. The summed E-state index contributed by atoms with van der Waals surface area (Å²) in [6.45, 7) is 4.11. The van der Waals surface area contributed by atoms with Crippen LogP contribution in [0.3, 0.4) is 0 Å². The second-order valence-electron chi connectivity index (χ2n) is 5.72. The second-order valence-corrected chi connectivity index (χ2v) is 5.72. The fourth-order valence-electron chi connectivity index (χ4n) is 2.51. The van der Waals surface area contributed by atoms with Crippen molar-refractivity contribution in [3.05, 3.63) is 35.9 Å². The van der Waals surface area contributed by atoms with Gasteiger partial charge in [-0.1, -0.05) is 30.3 Å². The van der Waals surface area contributed by atoms with Crippen molar-refractivity contribution in [3.8, 4) is 0 Å². The molecule has 1 saturated heterocycles. The van der Waals surface area contributed by atoms with Crippen molar-refractivity contribution in [1.29, 1.82) is 0 Å². The van der Waals surface area contributed by atoms with Crippen molar-refractivity contribution in [3.63, 3.8) is 0 Å². The summed E-state index contributed by atoms with van der Waals surface area (Å²) in [6.07, 6.45) is 3.90. The largest absolute Gasteiger partial charge is 0.380 e. The standard InChI is InChI=1S/C15H21NO/c1-2-4-13(5-3-1)8-15(10-16-11-15)12-17-9-14-6-7-14/h1-5,14,16H,6-12H2. The first-order valence-corrected chi connectivity index (χ1v) is 6.69. The fraction of sp³-hybridized carbons (Fsp3) is 0.600. The zero-order valence-corrected chi connectivity index (χ0v) is 10.3. The highest BCUT2D eigenvalue weighted by atomic mass is 16.5. The third-order valence-electron chi connectivity index (χ3n) is 3.88. The Bertz CT molecular complexity index is 354. The third kappa shape index (κ3) is 2.88. The Morgan fingerprint density at radius 1 is 1.18 bits per heavy atom. The van der Waals surface area contributed by atoms with Gasteiger partial charge in [0.15, 0.2) is 0 Å². The van der Waals surface area contributed by atoms with Gasteiger partial charge >= 0.3 is 0 Å². The van der Waals surface area contributed by atoms with Gasteiger partial charge in [0.25, 0.3) is 0 Å². The molecule has 0 atom stereocenters. The number of nitrogens with one attached hydrogen (secondary N) is 1. The summed E-state index contributed by atoms with van der Waals surface area (Å²) < 4.78 is 5.90. The van der Waals surface area contributed by atoms with Crippen molar-refractivity contribution >= 4 is 0 Å². The maximum Gasteiger partial charge on any atom is 0.0550 e. The van der Waals surface area contributed by atoms with Crippen LogP contribution in [-0.4, -0.2) is 26.3 Å². The summed E-state index contributed by atoms with van der Waals surface area (Å²) in [5, 5.41) is 3.40. The van der Waals surface area contributed by atoms with Gasteiger partial charge in [-0.05, 0) is 30.7 Å². The molecule has 2 fully saturated rings. The highest BCUT2D eigenvalue weighted by Crippen LogP contribution is 2.32. The highest BCUT2D eigenvalue weighted by Gasteiger charge is 2.37. The number of hydrogen-bond acceptors (Lipinski definition) is 2. The zero-order chi connectivity index (χ0) is 11.6. The van der Waals surface area contributed by atoms with Crippen molar-refractivity contribution in [1.82, 2.24) is 5.32 Å². The summed E-state index contributed by atoms with van der Waals surface area (Å²) in [7, 11) is 0. The molecule has 92 valence electrons. The highest BCUT2D eigenvalue weighted by molar-refractivity contribution is 5.18. The molecular weight excluding hydrogens is 210 g/mol. The van der Waals surface area contributed by atoms with E-state index in [1.807, 2.05) is 0 Å². The van der Waals surface area contributed by atoms with E-state index in [-0.39, 0.29) is 0 Å². The molecule has 2 aliphatic rings. The molecule has 0 amide bonds. The number of benzene rings is 1. The molecule has 0 aromatic heterocycles. The molecule has 1 aliphatic carbocycles. The lowest BCUT2D eigenvalue weighted by molar-refractivity contribution is 0.00651. The summed E-state index contributed by atoms with van der Waals surface area (Å²) in [4.78, 5) is 0. The molecule has 1 N–H and O–H groups in total. The van der Waals surface area contributed by atoms with Gasteiger partial charge in [0.1, 0.15) is 0 Å². The minimum atomic E-state index is 0.357. The Labute approximate surface area is 103 Å². The first-order chi connectivity index (χ1) is 8.36. The van der Waals surface area contributed by atoms with Gasteiger partial charge in [-0.3, -0.25) is 0 Å². The minimum absolute atomic E-state index is 0.357. The van der Waals surface area contributed by atoms with Gasteiger partial charge in [0.2, 0.25) is 0 Å². The van der Waals surface area contributed by atoms with Gasteiger partial charge in [-0.25, -0.2) is 0 Å². The molecule has 0 spiro atoms. The maximum absolute atomic E-state index is 5.90. The lowest BCUT2D eigenvalue weighted by Crippen LogP contribution is -2.57. The van der Waals surface area contributed by atoms with Crippen molar-refractivity contribution in [2.75, 3.05) is 26.3 Å². The first-order valence-electron chi connectivity index (χ1n) is 6.69. The van der Waals surface area contributed by atoms with E-state index in [0.717, 1.165) is 38.6 Å². The van der Waals surface area contributed by atoms with E-state index < -0.39 is 0 Å². The Morgan fingerprint density at radius 3 is 2.53 bits per heavy atom. The molecule has 3 rings (SSSR count). The van der Waals surface area contributed by atoms with E-state index in [1.165, 1.54) is 18.4 Å². The predicted molar refractivity (Wildman–Crippen MR) is 69.0 cm³/mol. The van der Waals surface area contributed by atoms with E-state index in [0.29, 0.717) is 5.41 Å². The Balaban J connectivity index is 1.53. The van der Waals surface area contributed by atoms with Crippen molar-refractivity contribution < 1.29 is 4.74 Å². The molecule has 0 radical (unpaired) electrons. The molecule has 0 unspecified atom stereocenters. The molecule has 1 aromatic rings. The van der Waals surface area contributed by atoms with Crippen molar-refractivity contribution in [2.45, 2.75) is 19.3 Å². The van der Waals surface area contributed by atoms with Crippen LogP contribution < -0.4 is 5.32 Å². The summed E-state index contributed by atoms with van der Waals surface area (Å²) >= 11 is 0. The van der Waals surface area contributed by atoms with Gasteiger partial charge in [0.05, 0.1) is 6.61 Å². The molecule has 17 heavy (non-hydrogen) atoms. The Kier molecular flexibility index (Phi) is 3.17. The van der Waals surface area contributed by atoms with E-state index in [1.54, 1.807) is 0 Å². The first kappa shape index (κ1) is 11.2. The van der Waals surface area contributed by atoms with E-state index >= 15 is 0 Å². The molecule has 1 aromatic carbocycles. The SMILES string of the molecule is c1ccc(CC2(COCC3CC3)CNC2)cc1. The van der Waals surface area contributed by atoms with Gasteiger partial charge in [0, 0.05) is 25.1 Å². The molecule has 1 aliphatic heterocycles. The van der Waals surface area contributed by atoms with Crippen LogP contribution >= 0.6 is 0 Å². The minimum Gasteiger partial charge on any atom is -0.380 e. The van der Waals surface area contributed by atoms with E-state index in [9.17, 15) is 0 Å². The van der Waals surface area contributed by atoms with E-state index in [2.05, 4.69) is 35.6 Å². The molecule has 2 nitrogen and oxygen atoms in total. The Hall–Kier alpha value is -0.860. The topological polar surface area (TPSA) is 21.3 Å². The van der Waals surface area contributed by atoms with Crippen LogP contribution in [-0.2, 0) is 11.2 Å². The summed E-state index contributed by atoms with van der Waals surface area (Å²) in [6, 6.07) is 10.8. The van der Waals surface area contributed by atoms with Crippen LogP contribution in [0.15, 0.2) is 30.3 Å². The molecule has 2 heteroatoms. The Morgan fingerprint density at radius 2 is 1.94 bits per heavy atom. The van der Waals surface area contributed by atoms with Crippen LogP contribution in [0, 0.1) is 11.3 Å². The molecule has 1 heterocycles. The zero-order valence-electron chi connectivity index (χ0n) is 10.3. The molecular formula is C15H21NO. The number of rotatable bonds is 6. The summed E-state index contributed by atoms with van der Waals surface area (Å²) in [5.74, 6) is 0.872. The maximum atomic E-state index is 5.90. The monoisotopic (exact) mass is 231 g/mol. The molecule has 1 saturated carbocycles. The lowest BCUT2D eigenvalue weighted by Gasteiger charge is -2.42. The smallest absolute Gasteiger partial charge is 0.0550 e. The predicted octanol–water partition coefficient (Wildman–Crippen LogP) is 2.25. The average molecular weight is 231 g/mol. The van der Waals surface area contributed by atoms with Crippen LogP contribution in [0.25, 0.3) is 0 Å². The van der Waals surface area contributed by atoms with Gasteiger partial charge in [-0.15, -0.1) is 0 Å². The number of hydrogen-bond donors (Lipinski definition) is 1. The second kappa shape index (κ2) is 4.79. The van der Waals surface area contributed by atoms with Gasteiger partial charge in [-0.2, -0.15) is 0 Å². The average Bonchev–Trinajstić information content (AvgIpc) is 3.11. The quantitative estimate of drug-likeness (QED) is 0.810. The third-order valence-corrected chi connectivity index (χ3v) is 3.88.